The van der Waals surface area contributed by atoms with Crippen molar-refractivity contribution >= 4 is 19.8 Å². The third kappa shape index (κ3) is 82.8. The second-order valence-electron chi connectivity index (χ2n) is 26.6. The third-order valence-corrected chi connectivity index (χ3v) is 16.9. The number of likely N-dealkylation sites (N-methyl/N-ethyl adjacent to an activating group) is 1. The average molecular weight is 1420 g/mol. The van der Waals surface area contributed by atoms with Crippen molar-refractivity contribution in [3.05, 3.63) is 243 Å². The molecule has 10 heteroatoms. The molecule has 0 amide bonds. The molecule has 0 saturated heterocycles. The Kier molecular flexibility index (Phi) is 74.1. The zero-order chi connectivity index (χ0) is 74.0. The highest BCUT2D eigenvalue weighted by Gasteiger charge is 2.27. The van der Waals surface area contributed by atoms with E-state index in [9.17, 15) is 19.0 Å². The van der Waals surface area contributed by atoms with Gasteiger partial charge in [0.1, 0.15) is 19.8 Å². The highest BCUT2D eigenvalue weighted by Crippen LogP contribution is 2.43. The van der Waals surface area contributed by atoms with Crippen molar-refractivity contribution in [2.24, 2.45) is 0 Å². The van der Waals surface area contributed by atoms with E-state index in [1.807, 2.05) is 21.1 Å². The first-order valence-electron chi connectivity index (χ1n) is 39.8. The highest BCUT2D eigenvalue weighted by molar-refractivity contribution is 7.47. The van der Waals surface area contributed by atoms with E-state index in [1.165, 1.54) is 57.8 Å². The number of phosphoric acid groups is 1. The standard InChI is InChI=1S/C92H144NO8P/c1-6-8-10-12-14-16-18-20-22-24-26-28-30-32-34-36-38-40-42-44-45-46-47-49-51-53-55-57-59-61-63-65-67-69-71-73-75-77-79-81-83-85-92(95)101-90(89-100-102(96,97)99-87-86-93(3,4)5)88-98-91(94)84-82-80-78-76-74-72-70-68-66-64-62-60-58-56-54-52-50-48-43-41-39-37-35-33-31-29-27-25-23-21-19-17-15-13-11-9-7-2/h8-11,14-17,20-23,26-29,32-35,38-41,44-45,47-50,53-56,59,61,65,67,71,73,90H,6-7,12-13,18-19,24-25,30-31,36-37,42-43,46,51-52,57-58,60,62-64,66,68-70,72,74-89H2,1-5H3/p+1/b10-8-,11-9-,16-14-,17-15-,22-20-,23-21-,28-26-,29-27-,34-32-,35-33-,40-38-,41-39-,45-44-,49-47-,50-48-,55-53-,56-54-,61-59-,67-65-,73-71-. The molecule has 1 N–H and O–H groups in total. The lowest BCUT2D eigenvalue weighted by molar-refractivity contribution is -0.870. The fourth-order valence-electron chi connectivity index (χ4n) is 9.90. The topological polar surface area (TPSA) is 108 Å². The van der Waals surface area contributed by atoms with Crippen LogP contribution in [0.15, 0.2) is 243 Å². The van der Waals surface area contributed by atoms with Crippen LogP contribution in [0, 0.1) is 0 Å². The first kappa shape index (κ1) is 95.8. The normalized spacial score (nSPS) is 14.4. The van der Waals surface area contributed by atoms with Crippen molar-refractivity contribution < 1.29 is 42.1 Å². The van der Waals surface area contributed by atoms with Crippen LogP contribution < -0.4 is 0 Å². The van der Waals surface area contributed by atoms with Gasteiger partial charge in [-0.3, -0.25) is 18.6 Å². The predicted octanol–water partition coefficient (Wildman–Crippen LogP) is 27.0. The molecule has 0 radical (unpaired) electrons. The zero-order valence-electron chi connectivity index (χ0n) is 65.0. The smallest absolute Gasteiger partial charge is 0.462 e. The van der Waals surface area contributed by atoms with Crippen LogP contribution in [0.25, 0.3) is 0 Å². The number of carbonyl (C=O) groups is 2. The quantitative estimate of drug-likeness (QED) is 0.0211. The second-order valence-corrected chi connectivity index (χ2v) is 28.1. The minimum Gasteiger partial charge on any atom is -0.462 e. The van der Waals surface area contributed by atoms with E-state index in [2.05, 4.69) is 257 Å². The van der Waals surface area contributed by atoms with Gasteiger partial charge in [0.05, 0.1) is 27.7 Å². The Morgan fingerprint density at radius 2 is 0.529 bits per heavy atom. The molecule has 0 rings (SSSR count). The summed E-state index contributed by atoms with van der Waals surface area (Å²) in [5.41, 5.74) is 0. The van der Waals surface area contributed by atoms with E-state index in [-0.39, 0.29) is 32.0 Å². The number of hydrogen-bond donors (Lipinski definition) is 1. The van der Waals surface area contributed by atoms with Gasteiger partial charge < -0.3 is 18.9 Å². The van der Waals surface area contributed by atoms with Crippen LogP contribution in [-0.4, -0.2) is 74.9 Å². The molecule has 2 atom stereocenters. The number of hydrogen-bond acceptors (Lipinski definition) is 7. The summed E-state index contributed by atoms with van der Waals surface area (Å²) in [5.74, 6) is -0.844. The average Bonchev–Trinajstić information content (AvgIpc) is 0.916. The van der Waals surface area contributed by atoms with Crippen LogP contribution in [0.2, 0.25) is 0 Å². The molecule has 0 fully saturated rings. The lowest BCUT2D eigenvalue weighted by Gasteiger charge is -2.24. The molecule has 0 aliphatic carbocycles. The first-order valence-corrected chi connectivity index (χ1v) is 41.3. The Morgan fingerprint density at radius 3 is 0.784 bits per heavy atom. The summed E-state index contributed by atoms with van der Waals surface area (Å²) in [5, 5.41) is 0. The number of ether oxygens (including phenoxy) is 2. The van der Waals surface area contributed by atoms with Gasteiger partial charge in [0, 0.05) is 12.8 Å². The predicted molar refractivity (Wildman–Crippen MR) is 444 cm³/mol. The zero-order valence-corrected chi connectivity index (χ0v) is 65.9. The molecule has 0 aromatic carbocycles. The van der Waals surface area contributed by atoms with Crippen molar-refractivity contribution in [1.82, 2.24) is 0 Å². The van der Waals surface area contributed by atoms with Gasteiger partial charge in [0.25, 0.3) is 0 Å². The van der Waals surface area contributed by atoms with E-state index in [0.29, 0.717) is 17.4 Å². The Bertz CT molecular complexity index is 2630. The van der Waals surface area contributed by atoms with Crippen molar-refractivity contribution in [2.45, 2.75) is 277 Å². The molecule has 0 aliphatic heterocycles. The minimum absolute atomic E-state index is 0.0135. The van der Waals surface area contributed by atoms with Gasteiger partial charge in [-0.2, -0.15) is 0 Å². The van der Waals surface area contributed by atoms with Crippen molar-refractivity contribution in [3.8, 4) is 0 Å². The maximum Gasteiger partial charge on any atom is 0.472 e. The highest BCUT2D eigenvalue weighted by atomic mass is 31.2. The summed E-state index contributed by atoms with van der Waals surface area (Å²) in [6, 6.07) is 0. The SMILES string of the molecule is CC/C=C\C/C=C\C/C=C\C/C=C\C/C=C\C/C=C\C/C=C\C/C=C\C/C=C\C/C=C\C/C=C\C/C=C\CCCCCCC(=O)OC(COC(=O)CCCCCCCCCCCCCC/C=C\C/C=C\C/C=C\C/C=C\C/C=C\C/C=C\C/C=C\C/C=C\CC)COP(=O)(O)OCC[N+](C)(C)C. The minimum atomic E-state index is -4.42. The summed E-state index contributed by atoms with van der Waals surface area (Å²) in [4.78, 5) is 36.0. The van der Waals surface area contributed by atoms with E-state index in [0.717, 1.165) is 180 Å². The monoisotopic (exact) mass is 1420 g/mol. The Morgan fingerprint density at radius 1 is 0.304 bits per heavy atom. The van der Waals surface area contributed by atoms with E-state index >= 15 is 0 Å². The van der Waals surface area contributed by atoms with E-state index < -0.39 is 26.5 Å². The first-order chi connectivity index (χ1) is 50.0. The molecule has 0 spiro atoms. The van der Waals surface area contributed by atoms with Gasteiger partial charge in [0.2, 0.25) is 0 Å². The number of unbranched alkanes of at least 4 members (excludes halogenated alkanes) is 16. The summed E-state index contributed by atoms with van der Waals surface area (Å²) in [6.45, 7) is 4.15. The Hall–Kier alpha value is -6.19. The fourth-order valence-corrected chi connectivity index (χ4v) is 10.6. The van der Waals surface area contributed by atoms with Crippen LogP contribution in [0.4, 0.5) is 0 Å². The fraction of sp³-hybridized carbons (Fsp3) is 0.543. The molecule has 0 aromatic heterocycles. The van der Waals surface area contributed by atoms with Gasteiger partial charge in [-0.25, -0.2) is 4.57 Å². The van der Waals surface area contributed by atoms with Gasteiger partial charge in [-0.05, 0) is 167 Å². The number of esters is 2. The van der Waals surface area contributed by atoms with Crippen LogP contribution in [-0.2, 0) is 32.7 Å². The molecule has 102 heavy (non-hydrogen) atoms. The van der Waals surface area contributed by atoms with E-state index in [4.69, 9.17) is 18.5 Å². The molecular weight excluding hydrogens is 1280 g/mol. The molecular formula is C92H145NO8P+. The summed E-state index contributed by atoms with van der Waals surface area (Å²) >= 11 is 0. The maximum absolute atomic E-state index is 12.9. The molecule has 0 saturated carbocycles. The molecule has 570 valence electrons. The molecule has 0 aliphatic rings. The van der Waals surface area contributed by atoms with Crippen LogP contribution in [0.3, 0.4) is 0 Å². The van der Waals surface area contributed by atoms with Crippen molar-refractivity contribution in [3.63, 3.8) is 0 Å². The number of allylic oxidation sites excluding steroid dienone is 40. The lowest BCUT2D eigenvalue weighted by Crippen LogP contribution is -2.37. The number of rotatable bonds is 70. The Labute approximate surface area is 625 Å². The van der Waals surface area contributed by atoms with Crippen molar-refractivity contribution in [2.75, 3.05) is 47.5 Å². The number of nitrogens with zero attached hydrogens (tertiary/aromatic N) is 1. The Balaban J connectivity index is 4.15. The summed E-state index contributed by atoms with van der Waals surface area (Å²) < 4.78 is 34.7. The number of phosphoric ester groups is 1. The lowest BCUT2D eigenvalue weighted by atomic mass is 10.0. The van der Waals surface area contributed by atoms with Crippen LogP contribution >= 0.6 is 7.82 Å². The molecule has 0 aromatic rings. The van der Waals surface area contributed by atoms with Crippen molar-refractivity contribution in [1.29, 1.82) is 0 Å². The second kappa shape index (κ2) is 78.9. The molecule has 0 heterocycles. The van der Waals surface area contributed by atoms with Crippen LogP contribution in [0.1, 0.15) is 271 Å². The van der Waals surface area contributed by atoms with Gasteiger partial charge in [-0.1, -0.05) is 334 Å². The number of quaternary nitrogens is 1. The van der Waals surface area contributed by atoms with E-state index in [1.54, 1.807) is 0 Å². The maximum atomic E-state index is 12.9. The third-order valence-electron chi connectivity index (χ3n) is 15.9. The van der Waals surface area contributed by atoms with Crippen LogP contribution in [0.5, 0.6) is 0 Å². The molecule has 0 bridgehead atoms. The molecule has 2 unspecified atom stereocenters. The summed E-state index contributed by atoms with van der Waals surface area (Å²) in [6.07, 6.45) is 129. The van der Waals surface area contributed by atoms with Gasteiger partial charge in [-0.15, -0.1) is 0 Å². The summed E-state index contributed by atoms with van der Waals surface area (Å²) in [7, 11) is 1.43. The molecule has 9 nitrogen and oxygen atoms in total. The largest absolute Gasteiger partial charge is 0.472 e. The van der Waals surface area contributed by atoms with Gasteiger partial charge >= 0.3 is 19.8 Å². The van der Waals surface area contributed by atoms with Gasteiger partial charge in [0.15, 0.2) is 6.10 Å². The number of carbonyl (C=O) groups excluding carboxylic acids is 2.